The number of carbonyl (C=O) groups is 6. The third kappa shape index (κ3) is 11.8. The number of nitrogens with one attached hydrogen (secondary N) is 5. The van der Waals surface area contributed by atoms with Crippen molar-refractivity contribution >= 4 is 58.6 Å². The lowest BCUT2D eigenvalue weighted by atomic mass is 9.41. The average molecular weight is 1100 g/mol. The van der Waals surface area contributed by atoms with E-state index >= 15 is 0 Å². The number of guanidine groups is 1. The smallest absolute Gasteiger partial charge is 0.481 e. The molecule has 0 spiro atoms. The van der Waals surface area contributed by atoms with Gasteiger partial charge in [0.1, 0.15) is 29.0 Å². The SMILES string of the molecule is Cc1c(C)c(S(=O)(=O)NC(N)=NCCCC[C@H](N)C(=O)NCC(=O)NC(CC(=O)OC(C)(C)C)C(=O)NCc2ccc(C(=O)N[C@H](C)C(=O)N3CCC[C@H]3B3OC4C5C[C@@H]6C[C@@H](C56C)[C@]4(C)O3)cc2)c(C)c2c1OC(C)(C)C2. The van der Waals surface area contributed by atoms with Crippen LogP contribution in [0.2, 0.25) is 0 Å². The first-order valence-electron chi connectivity index (χ1n) is 27.4. The Morgan fingerprint density at radius 2 is 1.65 bits per heavy atom. The second-order valence-electron chi connectivity index (χ2n) is 24.4. The van der Waals surface area contributed by atoms with Crippen molar-refractivity contribution in [3.63, 3.8) is 0 Å². The van der Waals surface area contributed by atoms with E-state index in [1.165, 1.54) is 12.8 Å². The van der Waals surface area contributed by atoms with E-state index in [0.29, 0.717) is 71.1 Å². The van der Waals surface area contributed by atoms with Crippen LogP contribution in [0.25, 0.3) is 0 Å². The molecule has 10 atom stereocenters. The molecule has 4 unspecified atom stereocenters. The molecule has 8 rings (SSSR count). The normalized spacial score (nSPS) is 26.7. The van der Waals surface area contributed by atoms with E-state index in [0.717, 1.165) is 29.9 Å². The number of unbranched alkanes of at least 4 members (excludes halogenated alkanes) is 1. The standard InChI is InChI=1S/C55H80BN9O12S/c1-29-30(2)45(31(3)36-26-53(8,9)75-44(29)36)78(72,73)64-51(58)59-21-13-12-15-38(57)48(69)61-28-42(66)63-39(25-43(67)74-52(5,6)7)49(70)60-27-33-17-19-34(20-18-33)47(68)62-32(4)50(71)65-22-14-16-41(65)56-76-46-37-23-35-24-40(54(35,37)10)55(46,11)77-56/h17-20,32,35,37-41,46H,12-16,21-28,57H2,1-11H3,(H,60,70)(H,61,69)(H,62,68)(H,63,66)(H3,58,59,64)/t32-,35-,37?,38+,39?,40+,41+,46?,54?,55+/m1/s1. The number of nitrogens with zero attached hydrogens (tertiary/aromatic N) is 2. The highest BCUT2D eigenvalue weighted by molar-refractivity contribution is 7.90. The topological polar surface area (TPSA) is 301 Å². The van der Waals surface area contributed by atoms with Gasteiger partial charge in [-0.3, -0.25) is 33.8 Å². The molecule has 2 saturated heterocycles. The van der Waals surface area contributed by atoms with E-state index in [2.05, 4.69) is 44.8 Å². The van der Waals surface area contributed by atoms with Crippen molar-refractivity contribution in [1.29, 1.82) is 0 Å². The van der Waals surface area contributed by atoms with Crippen LogP contribution in [0.4, 0.5) is 0 Å². The summed E-state index contributed by atoms with van der Waals surface area (Å²) in [4.78, 5) is 85.8. The van der Waals surface area contributed by atoms with Gasteiger partial charge in [0.05, 0.1) is 41.5 Å². The van der Waals surface area contributed by atoms with Crippen molar-refractivity contribution in [3.8, 4) is 5.75 Å². The molecule has 3 aliphatic heterocycles. The first-order chi connectivity index (χ1) is 36.4. The number of hydrogen-bond donors (Lipinski definition) is 7. The van der Waals surface area contributed by atoms with Gasteiger partial charge in [0.25, 0.3) is 15.9 Å². The van der Waals surface area contributed by atoms with E-state index in [9.17, 15) is 37.2 Å². The largest absolute Gasteiger partial charge is 0.487 e. The van der Waals surface area contributed by atoms with Gasteiger partial charge >= 0.3 is 13.1 Å². The maximum Gasteiger partial charge on any atom is 0.481 e. The van der Waals surface area contributed by atoms with Crippen LogP contribution in [-0.2, 0) is 61.0 Å². The zero-order valence-corrected chi connectivity index (χ0v) is 47.9. The summed E-state index contributed by atoms with van der Waals surface area (Å²) in [6.45, 7) is 20.6. The monoisotopic (exact) mass is 1100 g/mol. The third-order valence-electron chi connectivity index (χ3n) is 17.3. The van der Waals surface area contributed by atoms with Gasteiger partial charge in [-0.25, -0.2) is 13.1 Å². The number of fused-ring (bicyclic) bond motifs is 4. The Hall–Kier alpha value is -5.78. The summed E-state index contributed by atoms with van der Waals surface area (Å²) >= 11 is 0. The van der Waals surface area contributed by atoms with Crippen molar-refractivity contribution in [2.75, 3.05) is 19.6 Å². The first kappa shape index (κ1) is 58.4. The number of nitrogens with two attached hydrogens (primary N) is 2. The molecule has 5 fully saturated rings. The Morgan fingerprint density at radius 3 is 2.33 bits per heavy atom. The van der Waals surface area contributed by atoms with Gasteiger partial charge in [0.15, 0.2) is 0 Å². The predicted molar refractivity (Wildman–Crippen MR) is 291 cm³/mol. The molecular formula is C55H80BN9O12S. The lowest BCUT2D eigenvalue weighted by Crippen LogP contribution is -2.61. The summed E-state index contributed by atoms with van der Waals surface area (Å²) in [6.07, 6.45) is 5.08. The molecule has 3 aliphatic carbocycles. The molecule has 2 aromatic rings. The van der Waals surface area contributed by atoms with Gasteiger partial charge in [0, 0.05) is 37.2 Å². The van der Waals surface area contributed by atoms with Crippen molar-refractivity contribution in [3.05, 3.63) is 57.6 Å². The van der Waals surface area contributed by atoms with Crippen LogP contribution in [-0.4, -0.2) is 129 Å². The molecular weight excluding hydrogens is 1020 g/mol. The zero-order chi connectivity index (χ0) is 57.0. The van der Waals surface area contributed by atoms with Crippen LogP contribution in [0.15, 0.2) is 34.2 Å². The fraction of sp³-hybridized carbons (Fsp3) is 0.655. The van der Waals surface area contributed by atoms with Crippen molar-refractivity contribution < 1.29 is 56.0 Å². The van der Waals surface area contributed by atoms with Crippen LogP contribution < -0.4 is 42.2 Å². The molecule has 3 heterocycles. The molecule has 0 radical (unpaired) electrons. The van der Waals surface area contributed by atoms with E-state index in [-0.39, 0.29) is 53.9 Å². The van der Waals surface area contributed by atoms with Crippen LogP contribution in [0.3, 0.4) is 0 Å². The first-order valence-corrected chi connectivity index (χ1v) is 28.9. The van der Waals surface area contributed by atoms with Crippen LogP contribution >= 0.6 is 0 Å². The minimum absolute atomic E-state index is 0.0263. The summed E-state index contributed by atoms with van der Waals surface area (Å²) in [6, 6.07) is 3.24. The second kappa shape index (κ2) is 22.0. The quantitative estimate of drug-likeness (QED) is 0.0330. The van der Waals surface area contributed by atoms with E-state index in [1.54, 1.807) is 70.7 Å². The lowest BCUT2D eigenvalue weighted by Gasteiger charge is -2.64. The minimum Gasteiger partial charge on any atom is -0.487 e. The van der Waals surface area contributed by atoms with E-state index in [4.69, 9.17) is 30.2 Å². The Labute approximate surface area is 458 Å². The number of hydrogen-bond acceptors (Lipinski definition) is 14. The number of esters is 1. The van der Waals surface area contributed by atoms with Crippen molar-refractivity contribution in [2.24, 2.45) is 39.6 Å². The highest BCUT2D eigenvalue weighted by Gasteiger charge is 2.80. The Kier molecular flexibility index (Phi) is 16.5. The second-order valence-corrected chi connectivity index (χ2v) is 26.0. The molecule has 2 aromatic carbocycles. The number of rotatable bonds is 20. The van der Waals surface area contributed by atoms with Crippen LogP contribution in [0.1, 0.15) is 145 Å². The fourth-order valence-corrected chi connectivity index (χ4v) is 14.6. The van der Waals surface area contributed by atoms with E-state index < -0.39 is 89.0 Å². The maximum absolute atomic E-state index is 13.8. The number of carbonyl (C=O) groups excluding carboxylic acids is 6. The molecule has 9 N–H and O–H groups in total. The fourth-order valence-electron chi connectivity index (χ4n) is 13.1. The number of ether oxygens (including phenoxy) is 2. The summed E-state index contributed by atoms with van der Waals surface area (Å²) in [7, 11) is -4.57. The zero-order valence-electron chi connectivity index (χ0n) is 47.1. The summed E-state index contributed by atoms with van der Waals surface area (Å²) in [5.74, 6) is -1.54. The Balaban J connectivity index is 0.762. The highest BCUT2D eigenvalue weighted by atomic mass is 32.2. The van der Waals surface area contributed by atoms with Crippen LogP contribution in [0.5, 0.6) is 5.75 Å². The molecule has 0 bridgehead atoms. The maximum atomic E-state index is 13.8. The molecule has 0 aromatic heterocycles. The molecule has 23 heteroatoms. The number of benzene rings is 2. The molecule has 5 amide bonds. The predicted octanol–water partition coefficient (Wildman–Crippen LogP) is 3.05. The Bertz CT molecular complexity index is 2860. The average Bonchev–Trinajstić information content (AvgIpc) is 4.22. The van der Waals surface area contributed by atoms with Gasteiger partial charge in [-0.1, -0.05) is 19.1 Å². The molecule has 3 saturated carbocycles. The van der Waals surface area contributed by atoms with Gasteiger partial charge < -0.3 is 56.4 Å². The summed E-state index contributed by atoms with van der Waals surface area (Å²) in [5.41, 5.74) is 14.4. The third-order valence-corrected chi connectivity index (χ3v) is 18.9. The highest BCUT2D eigenvalue weighted by Crippen LogP contribution is 2.79. The number of amides is 5. The van der Waals surface area contributed by atoms with Crippen molar-refractivity contribution in [2.45, 2.75) is 192 Å². The van der Waals surface area contributed by atoms with Gasteiger partial charge in [-0.05, 0) is 172 Å². The van der Waals surface area contributed by atoms with Crippen LogP contribution in [0, 0.1) is 43.9 Å². The molecule has 6 aliphatic rings. The van der Waals surface area contributed by atoms with Crippen molar-refractivity contribution in [1.82, 2.24) is 30.9 Å². The van der Waals surface area contributed by atoms with E-state index in [1.807, 2.05) is 20.8 Å². The number of sulfonamides is 1. The molecule has 426 valence electrons. The number of aliphatic imine (C=N–C) groups is 1. The summed E-state index contributed by atoms with van der Waals surface area (Å²) in [5, 5.41) is 10.5. The number of likely N-dealkylation sites (tertiary alicyclic amines) is 1. The molecule has 78 heavy (non-hydrogen) atoms. The molecule has 21 nitrogen and oxygen atoms in total. The Morgan fingerprint density at radius 1 is 0.949 bits per heavy atom. The minimum atomic E-state index is -4.08. The van der Waals surface area contributed by atoms with Gasteiger partial charge in [-0.2, -0.15) is 0 Å². The summed E-state index contributed by atoms with van der Waals surface area (Å²) < 4.78 is 54.4. The van der Waals surface area contributed by atoms with Gasteiger partial charge in [0.2, 0.25) is 29.6 Å². The lowest BCUT2D eigenvalue weighted by molar-refractivity contribution is -0.176. The van der Waals surface area contributed by atoms with Gasteiger partial charge in [-0.15, -0.1) is 0 Å².